The number of hydrogen-bond acceptors (Lipinski definition) is 12. The highest BCUT2D eigenvalue weighted by molar-refractivity contribution is 5.87. The number of carbonyl (C=O) groups excluding carboxylic acids is 2. The predicted molar refractivity (Wildman–Crippen MR) is 195 cm³/mol. The standard InChI is InChI=1S/C41H51NO11/c1-50-39-25-30(19-24-40(46)51-27-31-13-15-32(16-14-31)28-52-42(48)49)18-23-38(39)53-41(47)12-8-3-2-7-11-34-35(37(45)26-36(34)44)22-21-33(43)20-17-29-9-5-4-6-10-29/h2,4-7,9-10,13-16,18-19,23-25,33-37,43-45,48-49H,3,8,11-12,17,20-22,26-28H2,1H3/b7-2-,24-19+/t33-,34+,35+,36-,37+/m0/s1. The third-order valence-electron chi connectivity index (χ3n) is 9.36. The van der Waals surface area contributed by atoms with Crippen LogP contribution >= 0.6 is 0 Å². The second-order valence-electron chi connectivity index (χ2n) is 13.2. The Labute approximate surface area is 310 Å². The van der Waals surface area contributed by atoms with Crippen LogP contribution in [0.3, 0.4) is 0 Å². The number of ether oxygens (including phenoxy) is 3. The van der Waals surface area contributed by atoms with Crippen LogP contribution in [-0.2, 0) is 38.8 Å². The van der Waals surface area contributed by atoms with Crippen LogP contribution in [0.5, 0.6) is 11.5 Å². The van der Waals surface area contributed by atoms with Gasteiger partial charge in [-0.3, -0.25) is 15.2 Å². The second kappa shape index (κ2) is 22.0. The van der Waals surface area contributed by atoms with Crippen molar-refractivity contribution in [3.8, 4) is 11.5 Å². The van der Waals surface area contributed by atoms with Gasteiger partial charge in [-0.2, -0.15) is 0 Å². The number of aliphatic hydroxyl groups is 3. The van der Waals surface area contributed by atoms with Crippen LogP contribution in [0.15, 0.2) is 91.0 Å². The molecule has 1 fully saturated rings. The van der Waals surface area contributed by atoms with Crippen LogP contribution in [0.2, 0.25) is 0 Å². The minimum atomic E-state index is -0.590. The summed E-state index contributed by atoms with van der Waals surface area (Å²) in [6, 6.07) is 21.8. The summed E-state index contributed by atoms with van der Waals surface area (Å²) >= 11 is 0. The van der Waals surface area contributed by atoms with Gasteiger partial charge in [0, 0.05) is 12.5 Å². The maximum atomic E-state index is 12.6. The summed E-state index contributed by atoms with van der Waals surface area (Å²) < 4.78 is 16.2. The lowest BCUT2D eigenvalue weighted by atomic mass is 9.85. The molecule has 0 amide bonds. The molecule has 5 atom stereocenters. The number of allylic oxidation sites excluding steroid dienone is 2. The van der Waals surface area contributed by atoms with Crippen molar-refractivity contribution in [1.82, 2.24) is 5.39 Å². The maximum absolute atomic E-state index is 12.6. The van der Waals surface area contributed by atoms with Crippen LogP contribution in [0.1, 0.15) is 73.6 Å². The summed E-state index contributed by atoms with van der Waals surface area (Å²) in [5.74, 6) is -0.528. The van der Waals surface area contributed by atoms with Crippen LogP contribution in [0, 0.1) is 11.8 Å². The largest absolute Gasteiger partial charge is 0.493 e. The normalized spacial score (nSPS) is 19.2. The first-order valence-electron chi connectivity index (χ1n) is 18.0. The molecule has 1 aliphatic carbocycles. The van der Waals surface area contributed by atoms with E-state index < -0.39 is 30.3 Å². The van der Waals surface area contributed by atoms with Crippen molar-refractivity contribution >= 4 is 18.0 Å². The number of methoxy groups -OCH3 is 1. The fourth-order valence-electron chi connectivity index (χ4n) is 6.43. The fraction of sp³-hybridized carbons (Fsp3) is 0.415. The fourth-order valence-corrected chi connectivity index (χ4v) is 6.43. The predicted octanol–water partition coefficient (Wildman–Crippen LogP) is 6.12. The first kappa shape index (κ1) is 41.4. The van der Waals surface area contributed by atoms with Gasteiger partial charge in [-0.15, -0.1) is 0 Å². The highest BCUT2D eigenvalue weighted by Gasteiger charge is 2.40. The second-order valence-corrected chi connectivity index (χ2v) is 13.2. The lowest BCUT2D eigenvalue weighted by molar-refractivity contribution is -0.497. The number of aliphatic hydroxyl groups excluding tert-OH is 3. The van der Waals surface area contributed by atoms with Gasteiger partial charge in [0.05, 0.1) is 37.4 Å². The van der Waals surface area contributed by atoms with E-state index in [0.29, 0.717) is 61.8 Å². The zero-order valence-corrected chi connectivity index (χ0v) is 30.0. The molecule has 3 aromatic rings. The molecule has 0 heterocycles. The Morgan fingerprint density at radius 3 is 2.30 bits per heavy atom. The monoisotopic (exact) mass is 733 g/mol. The summed E-state index contributed by atoms with van der Waals surface area (Å²) in [6.07, 6.45) is 10.3. The van der Waals surface area contributed by atoms with Gasteiger partial charge in [0.25, 0.3) is 0 Å². The minimum Gasteiger partial charge on any atom is -0.493 e. The molecule has 0 unspecified atom stereocenters. The number of benzene rings is 3. The Morgan fingerprint density at radius 2 is 1.58 bits per heavy atom. The topological polar surface area (TPSA) is 175 Å². The van der Waals surface area contributed by atoms with Crippen LogP contribution in [-0.4, -0.2) is 68.5 Å². The Hall–Kier alpha value is -4.40. The summed E-state index contributed by atoms with van der Waals surface area (Å²) in [6.45, 7) is 0.00247. The van der Waals surface area contributed by atoms with Gasteiger partial charge >= 0.3 is 11.9 Å². The number of esters is 2. The number of nitrogens with zero attached hydrogens (tertiary/aromatic N) is 1. The molecule has 53 heavy (non-hydrogen) atoms. The summed E-state index contributed by atoms with van der Waals surface area (Å²) in [5.41, 5.74) is 3.25. The van der Waals surface area contributed by atoms with Crippen molar-refractivity contribution in [2.75, 3.05) is 7.11 Å². The molecule has 0 spiro atoms. The quantitative estimate of drug-likeness (QED) is 0.0212. The van der Waals surface area contributed by atoms with Gasteiger partial charge in [-0.05, 0) is 104 Å². The molecule has 0 saturated heterocycles. The average Bonchev–Trinajstić information content (AvgIpc) is 3.43. The van der Waals surface area contributed by atoms with Crippen molar-refractivity contribution in [2.45, 2.75) is 89.3 Å². The van der Waals surface area contributed by atoms with Gasteiger partial charge in [0.2, 0.25) is 0 Å². The van der Waals surface area contributed by atoms with E-state index in [1.165, 1.54) is 18.7 Å². The number of carbonyl (C=O) groups is 2. The lowest BCUT2D eigenvalue weighted by Gasteiger charge is -2.23. The molecule has 12 heteroatoms. The van der Waals surface area contributed by atoms with E-state index in [4.69, 9.17) is 24.6 Å². The van der Waals surface area contributed by atoms with Crippen molar-refractivity contribution in [1.29, 1.82) is 0 Å². The Bertz CT molecular complexity index is 1610. The molecule has 286 valence electrons. The van der Waals surface area contributed by atoms with Crippen LogP contribution in [0.4, 0.5) is 0 Å². The van der Waals surface area contributed by atoms with Gasteiger partial charge < -0.3 is 29.5 Å². The number of aryl methyl sites for hydroxylation is 1. The Kier molecular flexibility index (Phi) is 17.1. The molecule has 3 aromatic carbocycles. The molecule has 0 bridgehead atoms. The van der Waals surface area contributed by atoms with E-state index in [1.807, 2.05) is 42.5 Å². The van der Waals surface area contributed by atoms with Crippen molar-refractivity contribution in [3.05, 3.63) is 113 Å². The summed E-state index contributed by atoms with van der Waals surface area (Å²) in [7, 11) is 1.46. The molecule has 0 aromatic heterocycles. The highest BCUT2D eigenvalue weighted by Crippen LogP contribution is 2.38. The average molecular weight is 734 g/mol. The molecule has 0 radical (unpaired) electrons. The molecule has 0 aliphatic heterocycles. The van der Waals surface area contributed by atoms with Gasteiger partial charge in [0.1, 0.15) is 6.61 Å². The Balaban J connectivity index is 1.14. The van der Waals surface area contributed by atoms with E-state index in [0.717, 1.165) is 12.0 Å². The minimum absolute atomic E-state index is 0.0399. The van der Waals surface area contributed by atoms with Crippen LogP contribution < -0.4 is 9.47 Å². The molecule has 4 rings (SSSR count). The number of hydrogen-bond donors (Lipinski definition) is 5. The number of rotatable bonds is 21. The van der Waals surface area contributed by atoms with Crippen molar-refractivity contribution in [3.63, 3.8) is 0 Å². The van der Waals surface area contributed by atoms with Crippen LogP contribution in [0.25, 0.3) is 6.08 Å². The maximum Gasteiger partial charge on any atom is 0.331 e. The smallest absolute Gasteiger partial charge is 0.331 e. The summed E-state index contributed by atoms with van der Waals surface area (Å²) in [4.78, 5) is 29.4. The number of unbranched alkanes of at least 4 members (excludes halogenated alkanes) is 1. The molecule has 1 aliphatic rings. The van der Waals surface area contributed by atoms with E-state index >= 15 is 0 Å². The molecule has 5 N–H and O–H groups in total. The van der Waals surface area contributed by atoms with E-state index in [2.05, 4.69) is 4.84 Å². The highest BCUT2D eigenvalue weighted by atomic mass is 17.1. The van der Waals surface area contributed by atoms with Gasteiger partial charge in [0.15, 0.2) is 11.5 Å². The van der Waals surface area contributed by atoms with E-state index in [-0.39, 0.29) is 42.6 Å². The Morgan fingerprint density at radius 1 is 0.868 bits per heavy atom. The molecular weight excluding hydrogens is 682 g/mol. The zero-order valence-electron chi connectivity index (χ0n) is 30.0. The zero-order chi connectivity index (χ0) is 38.0. The van der Waals surface area contributed by atoms with Gasteiger partial charge in [-0.1, -0.05) is 72.8 Å². The van der Waals surface area contributed by atoms with E-state index in [9.17, 15) is 24.9 Å². The van der Waals surface area contributed by atoms with Crippen molar-refractivity contribution < 1.29 is 54.4 Å². The lowest BCUT2D eigenvalue weighted by Crippen LogP contribution is -2.23. The SMILES string of the molecule is COc1cc(/C=C/C(=O)OCc2ccc(CON(O)O)cc2)ccc1OC(=O)CCC/C=C\C[C@@H]1[C@@H](CC[C@@H](O)CCc2ccccc2)[C@H](O)C[C@@H]1O. The first-order valence-corrected chi connectivity index (χ1v) is 18.0. The molecule has 12 nitrogen and oxygen atoms in total. The third kappa shape index (κ3) is 14.5. The molecular formula is C41H51NO11. The molecule has 1 saturated carbocycles. The third-order valence-corrected chi connectivity index (χ3v) is 9.36. The van der Waals surface area contributed by atoms with Crippen molar-refractivity contribution in [2.24, 2.45) is 11.8 Å². The van der Waals surface area contributed by atoms with E-state index in [1.54, 1.807) is 48.5 Å². The van der Waals surface area contributed by atoms with Gasteiger partial charge in [-0.25, -0.2) is 9.63 Å². The summed E-state index contributed by atoms with van der Waals surface area (Å²) in [5, 5.41) is 48.6. The first-order chi connectivity index (χ1) is 25.6.